The molecular formula is C26H40ClN2O7S3-. The van der Waals surface area contributed by atoms with Crippen LogP contribution in [0.2, 0.25) is 0 Å². The van der Waals surface area contributed by atoms with Gasteiger partial charge in [-0.3, -0.25) is 0 Å². The van der Waals surface area contributed by atoms with E-state index in [1.165, 1.54) is 32.1 Å². The SMILES string of the molecule is O=S(=O)([O-])CCC[N+]1=C(C=C2OC3CCC(C4CCCCC4)CC3N2CCS(=O)(=O)[O-])SC2CCC(Cl)CC21. The van der Waals surface area contributed by atoms with Crippen LogP contribution in [0.3, 0.4) is 0 Å². The van der Waals surface area contributed by atoms with Gasteiger partial charge in [-0.1, -0.05) is 32.1 Å². The van der Waals surface area contributed by atoms with Crippen molar-refractivity contribution in [1.29, 1.82) is 0 Å². The van der Waals surface area contributed by atoms with Crippen LogP contribution in [0.1, 0.15) is 77.0 Å². The number of ether oxygens (including phenoxy) is 1. The maximum atomic E-state index is 11.6. The van der Waals surface area contributed by atoms with Gasteiger partial charge in [0.05, 0.1) is 43.4 Å². The molecular weight excluding hydrogens is 584 g/mol. The Bertz CT molecular complexity index is 1170. The smallest absolute Gasteiger partial charge is 0.240 e. The average Bonchev–Trinajstić information content (AvgIpc) is 3.38. The van der Waals surface area contributed by atoms with E-state index in [9.17, 15) is 25.9 Å². The first-order valence-electron chi connectivity index (χ1n) is 14.4. The number of rotatable bonds is 9. The minimum atomic E-state index is -4.39. The molecule has 6 atom stereocenters. The van der Waals surface area contributed by atoms with Crippen LogP contribution >= 0.6 is 23.4 Å². The third-order valence-electron chi connectivity index (χ3n) is 9.34. The second-order valence-electron chi connectivity index (χ2n) is 11.9. The second-order valence-corrected chi connectivity index (χ2v) is 16.8. The zero-order chi connectivity index (χ0) is 27.8. The third kappa shape index (κ3) is 7.66. The van der Waals surface area contributed by atoms with Crippen LogP contribution in [0.4, 0.5) is 0 Å². The molecule has 0 amide bonds. The van der Waals surface area contributed by atoms with Gasteiger partial charge in [0.2, 0.25) is 5.04 Å². The van der Waals surface area contributed by atoms with Crippen molar-refractivity contribution < 1.29 is 35.3 Å². The van der Waals surface area contributed by atoms with Crippen molar-refractivity contribution in [3.8, 4) is 0 Å². The van der Waals surface area contributed by atoms with E-state index in [0.717, 1.165) is 43.6 Å². The molecule has 2 aliphatic heterocycles. The second kappa shape index (κ2) is 12.4. The Morgan fingerprint density at radius 1 is 0.949 bits per heavy atom. The Kier molecular flexibility index (Phi) is 9.50. The van der Waals surface area contributed by atoms with Crippen molar-refractivity contribution in [1.82, 2.24) is 4.90 Å². The predicted octanol–water partition coefficient (Wildman–Crippen LogP) is 3.44. The lowest BCUT2D eigenvalue weighted by molar-refractivity contribution is -0.561. The Hall–Kier alpha value is -0.530. The number of hydrogen-bond donors (Lipinski definition) is 0. The lowest BCUT2D eigenvalue weighted by atomic mass is 9.71. The molecule has 3 aliphatic carbocycles. The monoisotopic (exact) mass is 623 g/mol. The van der Waals surface area contributed by atoms with Gasteiger partial charge < -0.3 is 18.7 Å². The van der Waals surface area contributed by atoms with E-state index < -0.39 is 31.7 Å². The van der Waals surface area contributed by atoms with Crippen molar-refractivity contribution >= 4 is 48.6 Å². The topological polar surface area (TPSA) is 130 Å². The molecule has 1 saturated heterocycles. The molecule has 3 saturated carbocycles. The molecule has 0 bridgehead atoms. The normalized spacial score (nSPS) is 35.3. The first kappa shape index (κ1) is 29.9. The molecule has 0 radical (unpaired) electrons. The zero-order valence-corrected chi connectivity index (χ0v) is 25.5. The molecule has 2 heterocycles. The fourth-order valence-electron chi connectivity index (χ4n) is 7.47. The van der Waals surface area contributed by atoms with E-state index >= 15 is 0 Å². The Morgan fingerprint density at radius 3 is 2.41 bits per heavy atom. The van der Waals surface area contributed by atoms with E-state index in [1.54, 1.807) is 11.8 Å². The van der Waals surface area contributed by atoms with Gasteiger partial charge in [-0.05, 0) is 55.7 Å². The highest BCUT2D eigenvalue weighted by Gasteiger charge is 2.48. The van der Waals surface area contributed by atoms with Crippen molar-refractivity contribution in [2.75, 3.05) is 24.6 Å². The van der Waals surface area contributed by atoms with Crippen LogP contribution < -0.4 is 0 Å². The molecule has 9 nitrogen and oxygen atoms in total. The van der Waals surface area contributed by atoms with Gasteiger partial charge in [0.1, 0.15) is 12.6 Å². The van der Waals surface area contributed by atoms with Crippen LogP contribution in [-0.4, -0.2) is 93.9 Å². The highest BCUT2D eigenvalue weighted by Crippen LogP contribution is 2.45. The number of alkyl halides is 1. The van der Waals surface area contributed by atoms with E-state index in [0.29, 0.717) is 29.5 Å². The molecule has 0 aromatic carbocycles. The molecule has 6 unspecified atom stereocenters. The van der Waals surface area contributed by atoms with Crippen molar-refractivity contribution in [3.05, 3.63) is 12.0 Å². The summed E-state index contributed by atoms with van der Waals surface area (Å²) in [6.45, 7) is 0.517. The summed E-state index contributed by atoms with van der Waals surface area (Å²) in [5.74, 6) is 0.997. The van der Waals surface area contributed by atoms with Crippen molar-refractivity contribution in [2.24, 2.45) is 11.8 Å². The molecule has 5 rings (SSSR count). The molecule has 222 valence electrons. The fourth-order valence-corrected chi connectivity index (χ4v) is 10.2. The largest absolute Gasteiger partial charge is 0.748 e. The fraction of sp³-hybridized carbons (Fsp3) is 0.885. The van der Waals surface area contributed by atoms with Gasteiger partial charge in [-0.25, -0.2) is 21.4 Å². The summed E-state index contributed by atoms with van der Waals surface area (Å²) in [4.78, 5) is 2.01. The van der Waals surface area contributed by atoms with Crippen LogP contribution in [0.25, 0.3) is 0 Å². The van der Waals surface area contributed by atoms with Gasteiger partial charge in [0.25, 0.3) is 0 Å². The molecule has 13 heteroatoms. The summed E-state index contributed by atoms with van der Waals surface area (Å²) in [6, 6.07) is 0.182. The molecule has 0 N–H and O–H groups in total. The molecule has 0 aromatic heterocycles. The van der Waals surface area contributed by atoms with Crippen molar-refractivity contribution in [2.45, 2.75) is 106 Å². The first-order chi connectivity index (χ1) is 18.5. The van der Waals surface area contributed by atoms with Gasteiger partial charge in [0, 0.05) is 30.5 Å². The van der Waals surface area contributed by atoms with E-state index in [2.05, 4.69) is 4.58 Å². The van der Waals surface area contributed by atoms with E-state index in [4.69, 9.17) is 16.3 Å². The zero-order valence-electron chi connectivity index (χ0n) is 22.3. The summed E-state index contributed by atoms with van der Waals surface area (Å²) in [6.07, 6.45) is 14.1. The van der Waals surface area contributed by atoms with Crippen LogP contribution in [0.15, 0.2) is 12.0 Å². The quantitative estimate of drug-likeness (QED) is 0.215. The van der Waals surface area contributed by atoms with Crippen LogP contribution in [-0.2, 0) is 25.0 Å². The van der Waals surface area contributed by atoms with Crippen LogP contribution in [0, 0.1) is 11.8 Å². The summed E-state index contributed by atoms with van der Waals surface area (Å²) in [7, 11) is -8.70. The highest BCUT2D eigenvalue weighted by molar-refractivity contribution is 8.14. The molecule has 4 fully saturated rings. The number of nitrogens with zero attached hydrogens (tertiary/aromatic N) is 2. The van der Waals surface area contributed by atoms with Gasteiger partial charge in [-0.15, -0.1) is 11.6 Å². The molecule has 5 aliphatic rings. The van der Waals surface area contributed by atoms with Crippen molar-refractivity contribution in [3.63, 3.8) is 0 Å². The third-order valence-corrected chi connectivity index (χ3v) is 12.7. The van der Waals surface area contributed by atoms with E-state index in [1.807, 2.05) is 11.0 Å². The number of fused-ring (bicyclic) bond motifs is 2. The van der Waals surface area contributed by atoms with E-state index in [-0.39, 0.29) is 36.5 Å². The summed E-state index contributed by atoms with van der Waals surface area (Å²) < 4.78 is 77.3. The van der Waals surface area contributed by atoms with Gasteiger partial charge >= 0.3 is 0 Å². The minimum Gasteiger partial charge on any atom is -0.748 e. The lowest BCUT2D eigenvalue weighted by Crippen LogP contribution is -2.43. The summed E-state index contributed by atoms with van der Waals surface area (Å²) in [5.41, 5.74) is 0. The first-order valence-corrected chi connectivity index (χ1v) is 18.9. The summed E-state index contributed by atoms with van der Waals surface area (Å²) in [5, 5.41) is 1.29. The number of halogens is 1. The maximum absolute atomic E-state index is 11.6. The average molecular weight is 624 g/mol. The number of thioether (sulfide) groups is 1. The lowest BCUT2D eigenvalue weighted by Gasteiger charge is -2.39. The highest BCUT2D eigenvalue weighted by atomic mass is 35.5. The predicted molar refractivity (Wildman–Crippen MR) is 150 cm³/mol. The Labute approximate surface area is 242 Å². The van der Waals surface area contributed by atoms with Gasteiger partial charge in [-0.2, -0.15) is 0 Å². The number of hydrogen-bond acceptors (Lipinski definition) is 9. The van der Waals surface area contributed by atoms with Crippen LogP contribution in [0.5, 0.6) is 0 Å². The molecule has 0 spiro atoms. The minimum absolute atomic E-state index is 0.0361. The standard InChI is InChI=1S/C26H41ClN2O7S3/c27-20-8-10-24-22(16-20)29(11-4-13-38(30,31)32)26(37-24)17-25-28(12-14-39(33,34)35)21-15-19(7-9-23(21)36-25)18-5-2-1-3-6-18/h17-24H,1-16H2,(H-,30,31,32,33,34,35)/p-1. The molecule has 39 heavy (non-hydrogen) atoms. The van der Waals surface area contributed by atoms with Gasteiger partial charge in [0.15, 0.2) is 11.9 Å². The Morgan fingerprint density at radius 2 is 1.69 bits per heavy atom. The summed E-state index contributed by atoms with van der Waals surface area (Å²) >= 11 is 8.24. The molecule has 0 aromatic rings. The Balaban J connectivity index is 1.41. The maximum Gasteiger partial charge on any atom is 0.240 e.